The molecule has 0 spiro atoms. The maximum absolute atomic E-state index is 14.6. The van der Waals surface area contributed by atoms with Gasteiger partial charge in [0, 0.05) is 30.5 Å². The van der Waals surface area contributed by atoms with Crippen LogP contribution in [0.5, 0.6) is 0 Å². The summed E-state index contributed by atoms with van der Waals surface area (Å²) >= 11 is 0. The minimum atomic E-state index is -1.05. The Kier molecular flexibility index (Phi) is 4.02. The van der Waals surface area contributed by atoms with Crippen LogP contribution in [0, 0.1) is 18.6 Å². The van der Waals surface area contributed by atoms with Crippen molar-refractivity contribution in [2.45, 2.75) is 13.0 Å². The van der Waals surface area contributed by atoms with Crippen LogP contribution in [-0.2, 0) is 4.74 Å². The molecule has 24 heavy (non-hydrogen) atoms. The number of aryl methyl sites for hydroxylation is 1. The second-order valence-corrected chi connectivity index (χ2v) is 5.46. The molecule has 0 saturated carbocycles. The molecule has 0 fully saturated rings. The number of halogens is 2. The molecular weight excluding hydrogens is 316 g/mol. The maximum atomic E-state index is 14.6. The molecule has 0 radical (unpaired) electrons. The number of nitrogens with zero attached hydrogens (tertiary/aromatic N) is 1. The second-order valence-electron chi connectivity index (χ2n) is 5.46. The lowest BCUT2D eigenvalue weighted by atomic mass is 9.97. The molecular formula is C17H15F2N3O2. The van der Waals surface area contributed by atoms with Crippen molar-refractivity contribution in [3.63, 3.8) is 0 Å². The molecule has 1 amide bonds. The van der Waals surface area contributed by atoms with Gasteiger partial charge in [-0.05, 0) is 30.7 Å². The van der Waals surface area contributed by atoms with E-state index in [4.69, 9.17) is 10.5 Å². The highest BCUT2D eigenvalue weighted by Gasteiger charge is 2.27. The molecule has 2 heterocycles. The van der Waals surface area contributed by atoms with Crippen LogP contribution in [0.4, 0.5) is 8.78 Å². The van der Waals surface area contributed by atoms with Crippen molar-refractivity contribution in [1.82, 2.24) is 9.97 Å². The van der Waals surface area contributed by atoms with Crippen LogP contribution < -0.4 is 5.73 Å². The minimum absolute atomic E-state index is 0.365. The van der Waals surface area contributed by atoms with Crippen LogP contribution in [0.1, 0.15) is 33.2 Å². The van der Waals surface area contributed by atoms with Gasteiger partial charge in [-0.25, -0.2) is 13.8 Å². The number of aromatic nitrogens is 2. The summed E-state index contributed by atoms with van der Waals surface area (Å²) in [6.07, 6.45) is 2.21. The van der Waals surface area contributed by atoms with Crippen LogP contribution in [0.2, 0.25) is 0 Å². The lowest BCUT2D eigenvalue weighted by molar-refractivity contribution is 0.0993. The molecule has 0 saturated heterocycles. The Labute approximate surface area is 136 Å². The SMILES string of the molecule is COC(c1c(F)ccc(C(N)=O)c1F)c1c[nH]c2ncc(C)cc12. The first-order valence-electron chi connectivity index (χ1n) is 7.18. The molecule has 1 unspecified atom stereocenters. The maximum Gasteiger partial charge on any atom is 0.251 e. The number of nitrogens with one attached hydrogen (secondary N) is 1. The molecule has 3 aromatic rings. The van der Waals surface area contributed by atoms with Gasteiger partial charge in [0.1, 0.15) is 23.4 Å². The number of H-pyrrole nitrogens is 1. The zero-order valence-electron chi connectivity index (χ0n) is 13.1. The zero-order valence-corrected chi connectivity index (χ0v) is 13.1. The summed E-state index contributed by atoms with van der Waals surface area (Å²) in [5.41, 5.74) is 6.38. The van der Waals surface area contributed by atoms with Crippen LogP contribution in [0.25, 0.3) is 11.0 Å². The molecule has 0 bridgehead atoms. The normalized spacial score (nSPS) is 12.5. The van der Waals surface area contributed by atoms with Gasteiger partial charge >= 0.3 is 0 Å². The van der Waals surface area contributed by atoms with Crippen molar-refractivity contribution in [2.75, 3.05) is 7.11 Å². The van der Waals surface area contributed by atoms with Crippen molar-refractivity contribution < 1.29 is 18.3 Å². The highest BCUT2D eigenvalue weighted by molar-refractivity contribution is 5.93. The van der Waals surface area contributed by atoms with E-state index in [0.29, 0.717) is 16.6 Å². The first kappa shape index (κ1) is 16.1. The first-order valence-corrected chi connectivity index (χ1v) is 7.18. The highest BCUT2D eigenvalue weighted by atomic mass is 19.1. The number of benzene rings is 1. The van der Waals surface area contributed by atoms with Crippen molar-refractivity contribution in [3.8, 4) is 0 Å². The van der Waals surface area contributed by atoms with E-state index in [9.17, 15) is 13.6 Å². The molecule has 3 rings (SSSR count). The van der Waals surface area contributed by atoms with E-state index in [1.807, 2.05) is 13.0 Å². The van der Waals surface area contributed by atoms with Gasteiger partial charge in [0.05, 0.1) is 11.1 Å². The number of nitrogens with two attached hydrogens (primary N) is 1. The number of carbonyl (C=O) groups is 1. The Bertz CT molecular complexity index is 937. The first-order chi connectivity index (χ1) is 11.4. The summed E-state index contributed by atoms with van der Waals surface area (Å²) in [4.78, 5) is 18.5. The highest BCUT2D eigenvalue weighted by Crippen LogP contribution is 2.34. The molecule has 5 nitrogen and oxygen atoms in total. The fourth-order valence-corrected chi connectivity index (χ4v) is 2.75. The van der Waals surface area contributed by atoms with E-state index >= 15 is 0 Å². The summed E-state index contributed by atoms with van der Waals surface area (Å²) < 4.78 is 34.3. The van der Waals surface area contributed by atoms with Gasteiger partial charge in [-0.3, -0.25) is 4.79 Å². The molecule has 1 atom stereocenters. The number of methoxy groups -OCH3 is 1. The average Bonchev–Trinajstić information content (AvgIpc) is 2.93. The summed E-state index contributed by atoms with van der Waals surface area (Å²) in [5.74, 6) is -2.82. The summed E-state index contributed by atoms with van der Waals surface area (Å²) in [7, 11) is 1.34. The largest absolute Gasteiger partial charge is 0.372 e. The molecule has 7 heteroatoms. The van der Waals surface area contributed by atoms with Gasteiger partial charge in [-0.15, -0.1) is 0 Å². The number of hydrogen-bond acceptors (Lipinski definition) is 3. The minimum Gasteiger partial charge on any atom is -0.372 e. The van der Waals surface area contributed by atoms with E-state index < -0.39 is 23.6 Å². The lowest BCUT2D eigenvalue weighted by Gasteiger charge is -2.18. The molecule has 0 aliphatic rings. The topological polar surface area (TPSA) is 81.0 Å². The second kappa shape index (κ2) is 6.01. The van der Waals surface area contributed by atoms with Gasteiger partial charge in [0.15, 0.2) is 0 Å². The summed E-state index contributed by atoms with van der Waals surface area (Å²) in [6, 6.07) is 3.86. The Morgan fingerprint density at radius 3 is 2.79 bits per heavy atom. The van der Waals surface area contributed by atoms with Gasteiger partial charge in [0.25, 0.3) is 5.91 Å². The number of aromatic amines is 1. The third kappa shape index (κ3) is 2.52. The fourth-order valence-electron chi connectivity index (χ4n) is 2.75. The predicted octanol–water partition coefficient (Wildman–Crippen LogP) is 2.98. The number of pyridine rings is 1. The van der Waals surface area contributed by atoms with Crippen molar-refractivity contribution in [1.29, 1.82) is 0 Å². The van der Waals surface area contributed by atoms with Crippen molar-refractivity contribution >= 4 is 16.9 Å². The van der Waals surface area contributed by atoms with E-state index in [1.54, 1.807) is 12.4 Å². The predicted molar refractivity (Wildman–Crippen MR) is 84.6 cm³/mol. The average molecular weight is 331 g/mol. The van der Waals surface area contributed by atoms with Crippen LogP contribution in [-0.4, -0.2) is 23.0 Å². The van der Waals surface area contributed by atoms with Gasteiger partial charge in [-0.1, -0.05) is 0 Å². The molecule has 124 valence electrons. The molecule has 1 aromatic carbocycles. The van der Waals surface area contributed by atoms with E-state index in [-0.39, 0.29) is 11.1 Å². The number of amides is 1. The molecule has 3 N–H and O–H groups in total. The molecule has 2 aromatic heterocycles. The number of ether oxygens (including phenoxy) is 1. The van der Waals surface area contributed by atoms with Gasteiger partial charge in [-0.2, -0.15) is 0 Å². The Morgan fingerprint density at radius 1 is 1.38 bits per heavy atom. The summed E-state index contributed by atoms with van der Waals surface area (Å²) in [6.45, 7) is 1.86. The van der Waals surface area contributed by atoms with Gasteiger partial charge < -0.3 is 15.5 Å². The molecule has 0 aliphatic heterocycles. The summed E-state index contributed by atoms with van der Waals surface area (Å²) in [5, 5.41) is 0.685. The molecule has 0 aliphatic carbocycles. The number of primary amides is 1. The van der Waals surface area contributed by atoms with Crippen LogP contribution >= 0.6 is 0 Å². The van der Waals surface area contributed by atoms with E-state index in [2.05, 4.69) is 9.97 Å². The fraction of sp³-hybridized carbons (Fsp3) is 0.176. The number of carbonyl (C=O) groups excluding carboxylic acids is 1. The van der Waals surface area contributed by atoms with Gasteiger partial charge in [0.2, 0.25) is 0 Å². The van der Waals surface area contributed by atoms with E-state index in [0.717, 1.165) is 17.7 Å². The quantitative estimate of drug-likeness (QED) is 0.771. The number of fused-ring (bicyclic) bond motifs is 1. The number of rotatable bonds is 4. The standard InChI is InChI=1S/C17H15F2N3O2/c1-8-5-10-11(7-22-17(10)21-6-8)15(24-2)13-12(18)4-3-9(14(13)19)16(20)23/h3-7,15H,1-2H3,(H2,20,23)(H,21,22). The van der Waals surface area contributed by atoms with E-state index in [1.165, 1.54) is 7.11 Å². The Balaban J connectivity index is 2.24. The smallest absolute Gasteiger partial charge is 0.251 e. The van der Waals surface area contributed by atoms with Crippen LogP contribution in [0.3, 0.4) is 0 Å². The zero-order chi connectivity index (χ0) is 17.4. The lowest BCUT2D eigenvalue weighted by Crippen LogP contribution is -2.17. The third-order valence-electron chi connectivity index (χ3n) is 3.87. The van der Waals surface area contributed by atoms with Crippen molar-refractivity contribution in [2.24, 2.45) is 5.73 Å². The number of hydrogen-bond donors (Lipinski definition) is 2. The third-order valence-corrected chi connectivity index (χ3v) is 3.87. The Morgan fingerprint density at radius 2 is 2.12 bits per heavy atom. The Hall–Kier alpha value is -2.80. The van der Waals surface area contributed by atoms with Crippen molar-refractivity contribution in [3.05, 3.63) is 64.5 Å². The van der Waals surface area contributed by atoms with Crippen LogP contribution in [0.15, 0.2) is 30.6 Å². The monoisotopic (exact) mass is 331 g/mol.